The van der Waals surface area contributed by atoms with Crippen molar-refractivity contribution in [3.63, 3.8) is 0 Å². The predicted octanol–water partition coefficient (Wildman–Crippen LogP) is 3.48. The van der Waals surface area contributed by atoms with Crippen LogP contribution in [0, 0.1) is 0 Å². The summed E-state index contributed by atoms with van der Waals surface area (Å²) in [5.41, 5.74) is 2.81. The molecule has 3 aromatic rings. The van der Waals surface area contributed by atoms with Crippen molar-refractivity contribution >= 4 is 17.5 Å². The van der Waals surface area contributed by atoms with Crippen LogP contribution < -0.4 is 24.8 Å². The van der Waals surface area contributed by atoms with E-state index >= 15 is 0 Å². The third-order valence-corrected chi connectivity index (χ3v) is 6.00. The minimum Gasteiger partial charge on any atom is -0.497 e. The lowest BCUT2D eigenvalue weighted by Gasteiger charge is -2.23. The molecule has 8 nitrogen and oxygen atoms in total. The number of methoxy groups -OCH3 is 1. The fourth-order valence-electron chi connectivity index (χ4n) is 4.11. The lowest BCUT2D eigenvalue weighted by atomic mass is 9.86. The van der Waals surface area contributed by atoms with Crippen LogP contribution in [0.15, 0.2) is 48.7 Å². The molecule has 0 saturated carbocycles. The Morgan fingerprint density at radius 2 is 2.06 bits per heavy atom. The molecular weight excluding hydrogens is 408 g/mol. The first-order valence-corrected chi connectivity index (χ1v) is 10.5. The van der Waals surface area contributed by atoms with E-state index in [-0.39, 0.29) is 12.7 Å². The topological polar surface area (TPSA) is 94.6 Å². The molecular formula is C24H24N4O4. The maximum atomic E-state index is 13.2. The number of benzene rings is 2. The van der Waals surface area contributed by atoms with Gasteiger partial charge in [-0.25, -0.2) is 9.97 Å². The van der Waals surface area contributed by atoms with Gasteiger partial charge in [0.2, 0.25) is 18.6 Å². The Morgan fingerprint density at radius 3 is 2.94 bits per heavy atom. The minimum atomic E-state index is -0.723. The van der Waals surface area contributed by atoms with Gasteiger partial charge in [0.1, 0.15) is 5.75 Å². The van der Waals surface area contributed by atoms with E-state index in [1.165, 1.54) is 0 Å². The fourth-order valence-corrected chi connectivity index (χ4v) is 4.11. The first-order valence-electron chi connectivity index (χ1n) is 10.5. The van der Waals surface area contributed by atoms with Crippen LogP contribution in [0.25, 0.3) is 0 Å². The average molecular weight is 432 g/mol. The van der Waals surface area contributed by atoms with E-state index in [9.17, 15) is 4.79 Å². The van der Waals surface area contributed by atoms with Gasteiger partial charge in [-0.2, -0.15) is 0 Å². The number of ether oxygens (including phenoxy) is 3. The molecule has 1 aromatic heterocycles. The summed E-state index contributed by atoms with van der Waals surface area (Å²) >= 11 is 0. The van der Waals surface area contributed by atoms with E-state index in [4.69, 9.17) is 19.2 Å². The Morgan fingerprint density at radius 1 is 1.19 bits per heavy atom. The summed E-state index contributed by atoms with van der Waals surface area (Å²) in [6.07, 6.45) is 3.26. The maximum Gasteiger partial charge on any atom is 0.232 e. The third kappa shape index (κ3) is 3.68. The van der Waals surface area contributed by atoms with Crippen LogP contribution in [-0.4, -0.2) is 29.8 Å². The van der Waals surface area contributed by atoms with Crippen molar-refractivity contribution in [1.82, 2.24) is 15.3 Å². The van der Waals surface area contributed by atoms with Gasteiger partial charge in [0, 0.05) is 24.5 Å². The number of hydrogen-bond acceptors (Lipinski definition) is 7. The van der Waals surface area contributed by atoms with Crippen molar-refractivity contribution in [2.75, 3.05) is 19.2 Å². The van der Waals surface area contributed by atoms with Gasteiger partial charge in [-0.1, -0.05) is 12.1 Å². The zero-order valence-electron chi connectivity index (χ0n) is 18.0. The van der Waals surface area contributed by atoms with E-state index < -0.39 is 5.41 Å². The third-order valence-electron chi connectivity index (χ3n) is 6.00. The number of amides is 1. The first-order chi connectivity index (χ1) is 15.5. The maximum absolute atomic E-state index is 13.2. The minimum absolute atomic E-state index is 0.0556. The number of fused-ring (bicyclic) bond motifs is 2. The number of hydrogen-bond donors (Lipinski definition) is 2. The number of carbonyl (C=O) groups is 1. The molecule has 2 heterocycles. The molecule has 0 saturated heterocycles. The lowest BCUT2D eigenvalue weighted by Crippen LogP contribution is -2.41. The van der Waals surface area contributed by atoms with Crippen molar-refractivity contribution in [3.8, 4) is 17.2 Å². The SMILES string of the molecule is COc1cccc(Nc2ncc3c(n2)C(C)(C(=O)NCc2ccc4c(c2)OCO4)CC3)c1. The summed E-state index contributed by atoms with van der Waals surface area (Å²) in [7, 11) is 1.62. The molecule has 1 aliphatic heterocycles. The van der Waals surface area contributed by atoms with Crippen molar-refractivity contribution in [1.29, 1.82) is 0 Å². The van der Waals surface area contributed by atoms with Crippen molar-refractivity contribution in [3.05, 3.63) is 65.5 Å². The Bertz CT molecular complexity index is 1180. The second-order valence-electron chi connectivity index (χ2n) is 8.13. The van der Waals surface area contributed by atoms with E-state index in [0.29, 0.717) is 24.7 Å². The van der Waals surface area contributed by atoms with Gasteiger partial charge >= 0.3 is 0 Å². The van der Waals surface area contributed by atoms with E-state index in [0.717, 1.165) is 40.4 Å². The molecule has 32 heavy (non-hydrogen) atoms. The molecule has 1 unspecified atom stereocenters. The quantitative estimate of drug-likeness (QED) is 0.616. The zero-order valence-corrected chi connectivity index (χ0v) is 18.0. The Hall–Kier alpha value is -3.81. The normalized spacial score (nSPS) is 18.2. The number of carbonyl (C=O) groups excluding carboxylic acids is 1. The van der Waals surface area contributed by atoms with Gasteiger partial charge < -0.3 is 24.8 Å². The zero-order chi connectivity index (χ0) is 22.1. The van der Waals surface area contributed by atoms with E-state index in [1.54, 1.807) is 13.3 Å². The Labute approximate surface area is 185 Å². The van der Waals surface area contributed by atoms with Gasteiger partial charge in [0.25, 0.3) is 0 Å². The molecule has 2 N–H and O–H groups in total. The number of anilines is 2. The molecule has 0 fully saturated rings. The van der Waals surface area contributed by atoms with Crippen LogP contribution in [0.1, 0.15) is 30.2 Å². The van der Waals surface area contributed by atoms with Gasteiger partial charge in [0.05, 0.1) is 18.2 Å². The van der Waals surface area contributed by atoms with Gasteiger partial charge in [-0.3, -0.25) is 4.79 Å². The first kappa shape index (κ1) is 20.1. The summed E-state index contributed by atoms with van der Waals surface area (Å²) in [5.74, 6) is 2.57. The number of nitrogens with zero attached hydrogens (tertiary/aromatic N) is 2. The monoisotopic (exact) mass is 432 g/mol. The van der Waals surface area contributed by atoms with Gasteiger partial charge in [-0.15, -0.1) is 0 Å². The van der Waals surface area contributed by atoms with Crippen LogP contribution >= 0.6 is 0 Å². The molecule has 8 heteroatoms. The standard InChI is InChI=1S/C24H24N4O4/c1-24(22(29)25-12-15-6-7-19-20(10-15)32-14-31-19)9-8-16-13-26-23(28-21(16)24)27-17-4-3-5-18(11-17)30-2/h3-7,10-11,13H,8-9,12,14H2,1-2H3,(H,25,29)(H,26,27,28). The summed E-state index contributed by atoms with van der Waals surface area (Å²) in [6.45, 7) is 2.57. The average Bonchev–Trinajstić information content (AvgIpc) is 3.42. The van der Waals surface area contributed by atoms with Crippen LogP contribution in [0.5, 0.6) is 17.2 Å². The van der Waals surface area contributed by atoms with Crippen LogP contribution in [0.4, 0.5) is 11.6 Å². The molecule has 2 aromatic carbocycles. The molecule has 1 aliphatic carbocycles. The molecule has 2 aliphatic rings. The van der Waals surface area contributed by atoms with Crippen molar-refractivity contribution < 1.29 is 19.0 Å². The smallest absolute Gasteiger partial charge is 0.232 e. The van der Waals surface area contributed by atoms with Crippen LogP contribution in [-0.2, 0) is 23.2 Å². The largest absolute Gasteiger partial charge is 0.497 e. The number of aryl methyl sites for hydroxylation is 1. The second-order valence-corrected chi connectivity index (χ2v) is 8.13. The van der Waals surface area contributed by atoms with Gasteiger partial charge in [0.15, 0.2) is 11.5 Å². The summed E-state index contributed by atoms with van der Waals surface area (Å²) < 4.78 is 16.0. The molecule has 1 amide bonds. The highest BCUT2D eigenvalue weighted by atomic mass is 16.7. The van der Waals surface area contributed by atoms with Gasteiger partial charge in [-0.05, 0) is 55.2 Å². The predicted molar refractivity (Wildman–Crippen MR) is 118 cm³/mol. The number of nitrogens with one attached hydrogen (secondary N) is 2. The summed E-state index contributed by atoms with van der Waals surface area (Å²) in [4.78, 5) is 22.4. The highest BCUT2D eigenvalue weighted by Gasteiger charge is 2.43. The Balaban J connectivity index is 1.32. The molecule has 0 radical (unpaired) electrons. The number of aromatic nitrogens is 2. The number of rotatable bonds is 6. The molecule has 1 atom stereocenters. The molecule has 0 spiro atoms. The Kier molecular flexibility index (Phi) is 5.05. The second kappa shape index (κ2) is 8.03. The highest BCUT2D eigenvalue weighted by molar-refractivity contribution is 5.88. The molecule has 0 bridgehead atoms. The molecule has 5 rings (SSSR count). The molecule has 164 valence electrons. The highest BCUT2D eigenvalue weighted by Crippen LogP contribution is 2.38. The fraction of sp³-hybridized carbons (Fsp3) is 0.292. The lowest BCUT2D eigenvalue weighted by molar-refractivity contribution is -0.126. The summed E-state index contributed by atoms with van der Waals surface area (Å²) in [6, 6.07) is 13.2. The van der Waals surface area contributed by atoms with E-state index in [2.05, 4.69) is 15.6 Å². The van der Waals surface area contributed by atoms with Crippen LogP contribution in [0.3, 0.4) is 0 Å². The van der Waals surface area contributed by atoms with Crippen molar-refractivity contribution in [2.24, 2.45) is 0 Å². The van der Waals surface area contributed by atoms with E-state index in [1.807, 2.05) is 49.4 Å². The van der Waals surface area contributed by atoms with Crippen LogP contribution in [0.2, 0.25) is 0 Å². The van der Waals surface area contributed by atoms with Crippen molar-refractivity contribution in [2.45, 2.75) is 31.7 Å². The summed E-state index contributed by atoms with van der Waals surface area (Å²) in [5, 5.41) is 6.27.